The zero-order chi connectivity index (χ0) is 9.98. The molecule has 0 N–H and O–H groups in total. The Balaban J connectivity index is 0. The first-order valence-corrected chi connectivity index (χ1v) is 4.49. The van der Waals surface area contributed by atoms with E-state index in [1.54, 1.807) is 12.3 Å². The second-order valence-electron chi connectivity index (χ2n) is 2.56. The van der Waals surface area contributed by atoms with Gasteiger partial charge in [0.05, 0.1) is 0 Å². The van der Waals surface area contributed by atoms with Crippen LogP contribution in [-0.2, 0) is 0 Å². The highest BCUT2D eigenvalue weighted by Gasteiger charge is 1.92. The van der Waals surface area contributed by atoms with Crippen LogP contribution in [0.3, 0.4) is 0 Å². The minimum atomic E-state index is 0.585. The first-order valence-electron chi connectivity index (χ1n) is 4.49. The van der Waals surface area contributed by atoms with Gasteiger partial charge >= 0.3 is 0 Å². The third-order valence-corrected chi connectivity index (χ3v) is 1.38. The van der Waals surface area contributed by atoms with Gasteiger partial charge in [-0.05, 0) is 12.8 Å². The minimum Gasteiger partial charge on any atom is -0.265 e. The van der Waals surface area contributed by atoms with Gasteiger partial charge in [-0.1, -0.05) is 45.9 Å². The zero-order valence-corrected chi connectivity index (χ0v) is 8.96. The summed E-state index contributed by atoms with van der Waals surface area (Å²) < 4.78 is 0. The molecule has 0 aliphatic rings. The summed E-state index contributed by atoms with van der Waals surface area (Å²) >= 11 is 0. The van der Waals surface area contributed by atoms with Gasteiger partial charge in [0.15, 0.2) is 0 Å². The smallest absolute Gasteiger partial charge is 0.0261 e. The van der Waals surface area contributed by atoms with Crippen molar-refractivity contribution in [2.75, 3.05) is 0 Å². The average Bonchev–Trinajstić information content (AvgIpc) is 2.08. The van der Waals surface area contributed by atoms with Crippen molar-refractivity contribution >= 4 is 6.21 Å². The molecule has 0 amide bonds. The summed E-state index contributed by atoms with van der Waals surface area (Å²) in [5.74, 6) is 0.585. The minimum absolute atomic E-state index is 0.585. The van der Waals surface area contributed by atoms with Crippen LogP contribution in [0, 0.1) is 5.92 Å². The molecule has 0 spiro atoms. The van der Waals surface area contributed by atoms with E-state index in [1.165, 1.54) is 5.57 Å². The molecule has 0 rings (SSSR count). The van der Waals surface area contributed by atoms with Gasteiger partial charge < -0.3 is 0 Å². The summed E-state index contributed by atoms with van der Waals surface area (Å²) in [7, 11) is 0. The molecule has 12 heavy (non-hydrogen) atoms. The van der Waals surface area contributed by atoms with Crippen LogP contribution in [0.25, 0.3) is 0 Å². The Labute approximate surface area is 76.9 Å². The number of aliphatic imine (C=N–C) groups is 1. The maximum atomic E-state index is 4.01. The molecule has 0 unspecified atom stereocenters. The van der Waals surface area contributed by atoms with E-state index in [0.29, 0.717) is 5.92 Å². The van der Waals surface area contributed by atoms with Gasteiger partial charge in [0.1, 0.15) is 0 Å². The Morgan fingerprint density at radius 3 is 2.17 bits per heavy atom. The van der Waals surface area contributed by atoms with Gasteiger partial charge in [-0.2, -0.15) is 0 Å². The van der Waals surface area contributed by atoms with Crippen LogP contribution >= 0.6 is 0 Å². The van der Waals surface area contributed by atoms with Gasteiger partial charge in [-0.15, -0.1) is 0 Å². The number of rotatable bonds is 3. The average molecular weight is 167 g/mol. The molecule has 0 saturated carbocycles. The van der Waals surface area contributed by atoms with Crippen LogP contribution in [0.15, 0.2) is 29.4 Å². The molecule has 0 fully saturated rings. The molecule has 0 aliphatic heterocycles. The molecule has 0 bridgehead atoms. The summed E-state index contributed by atoms with van der Waals surface area (Å²) in [6, 6.07) is 0. The predicted octanol–water partition coefficient (Wildman–Crippen LogP) is 3.83. The van der Waals surface area contributed by atoms with Crippen LogP contribution in [0.4, 0.5) is 0 Å². The van der Waals surface area contributed by atoms with E-state index in [0.717, 1.165) is 0 Å². The van der Waals surface area contributed by atoms with Crippen molar-refractivity contribution in [3.8, 4) is 0 Å². The maximum Gasteiger partial charge on any atom is 0.0261 e. The second-order valence-corrected chi connectivity index (χ2v) is 2.56. The van der Waals surface area contributed by atoms with Gasteiger partial charge in [0, 0.05) is 12.4 Å². The molecule has 0 aromatic heterocycles. The lowest BCUT2D eigenvalue weighted by molar-refractivity contribution is 0.766. The van der Waals surface area contributed by atoms with Crippen molar-refractivity contribution in [1.29, 1.82) is 0 Å². The summed E-state index contributed by atoms with van der Waals surface area (Å²) in [5, 5.41) is 0. The van der Waals surface area contributed by atoms with E-state index >= 15 is 0 Å². The highest BCUT2D eigenvalue weighted by atomic mass is 14.7. The molecule has 0 radical (unpaired) electrons. The summed E-state index contributed by atoms with van der Waals surface area (Å²) in [5.41, 5.74) is 1.29. The molecule has 0 aromatic carbocycles. The fourth-order valence-electron chi connectivity index (χ4n) is 0.371. The van der Waals surface area contributed by atoms with E-state index in [4.69, 9.17) is 0 Å². The molecule has 70 valence electrons. The summed E-state index contributed by atoms with van der Waals surface area (Å²) in [6.07, 6.45) is 5.22. The molecule has 1 heteroatoms. The number of allylic oxidation sites excluding steroid dienone is 2. The van der Waals surface area contributed by atoms with Gasteiger partial charge in [-0.25, -0.2) is 0 Å². The molecular formula is C11H21N. The normalized spacial score (nSPS) is 11.3. The Bertz CT molecular complexity index is 152. The highest BCUT2D eigenvalue weighted by Crippen LogP contribution is 2.06. The molecular weight excluding hydrogens is 146 g/mol. The van der Waals surface area contributed by atoms with Crippen molar-refractivity contribution in [2.45, 2.75) is 34.6 Å². The standard InChI is InChI=1S/C9H15N.C2H6/c1-5-6-10-7-9(4)8(2)3;1-2/h5-8H,1H2,2-4H3;1-2H3/b9-7+,10-6?;. The third kappa shape index (κ3) is 9.15. The van der Waals surface area contributed by atoms with Crippen LogP contribution in [0.2, 0.25) is 0 Å². The van der Waals surface area contributed by atoms with E-state index < -0.39 is 0 Å². The van der Waals surface area contributed by atoms with Crippen LogP contribution in [-0.4, -0.2) is 6.21 Å². The Kier molecular flexibility index (Phi) is 11.6. The number of nitrogens with zero attached hydrogens (tertiary/aromatic N) is 1. The van der Waals surface area contributed by atoms with E-state index in [9.17, 15) is 0 Å². The predicted molar refractivity (Wildman–Crippen MR) is 58.6 cm³/mol. The maximum absolute atomic E-state index is 4.01. The van der Waals surface area contributed by atoms with Crippen molar-refractivity contribution in [2.24, 2.45) is 10.9 Å². The monoisotopic (exact) mass is 167 g/mol. The van der Waals surface area contributed by atoms with Crippen molar-refractivity contribution in [3.05, 3.63) is 24.4 Å². The van der Waals surface area contributed by atoms with E-state index in [2.05, 4.69) is 32.3 Å². The number of hydrogen-bond donors (Lipinski definition) is 0. The van der Waals surface area contributed by atoms with Gasteiger partial charge in [0.2, 0.25) is 0 Å². The second kappa shape index (κ2) is 10.2. The van der Waals surface area contributed by atoms with Crippen LogP contribution in [0.1, 0.15) is 34.6 Å². The van der Waals surface area contributed by atoms with E-state index in [1.807, 2.05) is 20.0 Å². The van der Waals surface area contributed by atoms with Crippen molar-refractivity contribution in [3.63, 3.8) is 0 Å². The molecule has 0 saturated heterocycles. The van der Waals surface area contributed by atoms with Crippen molar-refractivity contribution in [1.82, 2.24) is 0 Å². The largest absolute Gasteiger partial charge is 0.265 e. The van der Waals surface area contributed by atoms with Crippen LogP contribution in [0.5, 0.6) is 0 Å². The Morgan fingerprint density at radius 1 is 1.33 bits per heavy atom. The summed E-state index contributed by atoms with van der Waals surface area (Å²) in [6.45, 7) is 13.9. The van der Waals surface area contributed by atoms with Gasteiger partial charge in [-0.3, -0.25) is 4.99 Å². The highest BCUT2D eigenvalue weighted by molar-refractivity contribution is 5.70. The Hall–Kier alpha value is -0.850. The number of hydrogen-bond acceptors (Lipinski definition) is 1. The first-order chi connectivity index (χ1) is 5.68. The SMILES string of the molecule is C=CC=N/C=C(\C)C(C)C.CC. The third-order valence-electron chi connectivity index (χ3n) is 1.38. The fourth-order valence-corrected chi connectivity index (χ4v) is 0.371. The zero-order valence-electron chi connectivity index (χ0n) is 8.96. The van der Waals surface area contributed by atoms with Gasteiger partial charge in [0.25, 0.3) is 0 Å². The molecule has 0 heterocycles. The lowest BCUT2D eigenvalue weighted by Gasteiger charge is -2.00. The van der Waals surface area contributed by atoms with E-state index in [-0.39, 0.29) is 0 Å². The molecule has 0 aromatic rings. The Morgan fingerprint density at radius 2 is 1.83 bits per heavy atom. The fraction of sp³-hybridized carbons (Fsp3) is 0.545. The van der Waals surface area contributed by atoms with Crippen molar-refractivity contribution < 1.29 is 0 Å². The topological polar surface area (TPSA) is 12.4 Å². The molecule has 0 atom stereocenters. The quantitative estimate of drug-likeness (QED) is 0.566. The molecule has 0 aliphatic carbocycles. The van der Waals surface area contributed by atoms with Crippen LogP contribution < -0.4 is 0 Å². The lowest BCUT2D eigenvalue weighted by atomic mass is 10.1. The first kappa shape index (κ1) is 13.7. The molecule has 1 nitrogen and oxygen atoms in total. The summed E-state index contributed by atoms with van der Waals surface area (Å²) in [4.78, 5) is 4.01. The lowest BCUT2D eigenvalue weighted by Crippen LogP contribution is -1.86.